The molecule has 2 atom stereocenters. The summed E-state index contributed by atoms with van der Waals surface area (Å²) >= 11 is 0. The Morgan fingerprint density at radius 3 is 2.84 bits per heavy atom. The maximum Gasteiger partial charge on any atom is 0.146 e. The van der Waals surface area contributed by atoms with Gasteiger partial charge in [-0.1, -0.05) is 12.1 Å². The van der Waals surface area contributed by atoms with Crippen LogP contribution >= 0.6 is 0 Å². The van der Waals surface area contributed by atoms with Crippen molar-refractivity contribution in [2.45, 2.75) is 19.4 Å². The predicted octanol–water partition coefficient (Wildman–Crippen LogP) is 2.28. The number of halogens is 1. The average Bonchev–Trinajstić information content (AvgIpc) is 2.95. The second-order valence-electron chi connectivity index (χ2n) is 5.01. The Labute approximate surface area is 114 Å². The smallest absolute Gasteiger partial charge is 0.146 e. The fraction of sp³-hybridized carbons (Fsp3) is 0.600. The predicted molar refractivity (Wildman–Crippen MR) is 76.1 cm³/mol. The van der Waals surface area contributed by atoms with Crippen molar-refractivity contribution in [2.75, 3.05) is 38.3 Å². The molecule has 1 fully saturated rings. The van der Waals surface area contributed by atoms with Crippen LogP contribution in [-0.4, -0.2) is 39.4 Å². The van der Waals surface area contributed by atoms with Crippen LogP contribution in [0, 0.1) is 11.7 Å². The van der Waals surface area contributed by atoms with E-state index in [9.17, 15) is 4.39 Å². The van der Waals surface area contributed by atoms with Crippen molar-refractivity contribution in [1.29, 1.82) is 0 Å². The molecule has 19 heavy (non-hydrogen) atoms. The summed E-state index contributed by atoms with van der Waals surface area (Å²) in [6.07, 6.45) is 1.08. The van der Waals surface area contributed by atoms with Crippen molar-refractivity contribution < 1.29 is 9.13 Å². The van der Waals surface area contributed by atoms with Crippen LogP contribution < -0.4 is 10.2 Å². The summed E-state index contributed by atoms with van der Waals surface area (Å²) in [4.78, 5) is 2.09. The number of nitrogens with one attached hydrogen (secondary N) is 1. The van der Waals surface area contributed by atoms with Crippen molar-refractivity contribution >= 4 is 5.69 Å². The topological polar surface area (TPSA) is 24.5 Å². The molecule has 0 radical (unpaired) electrons. The molecule has 1 aromatic rings. The quantitative estimate of drug-likeness (QED) is 0.855. The third kappa shape index (κ3) is 3.45. The first-order chi connectivity index (χ1) is 9.26. The van der Waals surface area contributed by atoms with Gasteiger partial charge in [0.1, 0.15) is 5.82 Å². The molecular formula is C15H23FN2O. The van der Waals surface area contributed by atoms with Gasteiger partial charge in [-0.25, -0.2) is 4.39 Å². The van der Waals surface area contributed by atoms with Crippen LogP contribution in [0.2, 0.25) is 0 Å². The third-order valence-corrected chi connectivity index (χ3v) is 3.90. The molecule has 2 rings (SSSR count). The lowest BCUT2D eigenvalue weighted by atomic mass is 9.98. The first-order valence-electron chi connectivity index (χ1n) is 7.00. The van der Waals surface area contributed by atoms with Gasteiger partial charge in [-0.3, -0.25) is 0 Å². The number of anilines is 1. The van der Waals surface area contributed by atoms with Gasteiger partial charge in [-0.15, -0.1) is 0 Å². The van der Waals surface area contributed by atoms with Gasteiger partial charge in [-0.2, -0.15) is 0 Å². The molecule has 2 unspecified atom stereocenters. The standard InChI is InChI=1S/C15H23FN2O/c1-3-18(15-7-5-4-6-13(15)16)10-14(17-2)12-8-9-19-11-12/h4-7,12,14,17H,3,8-11H2,1-2H3. The lowest BCUT2D eigenvalue weighted by Crippen LogP contribution is -2.44. The van der Waals surface area contributed by atoms with Gasteiger partial charge < -0.3 is 15.0 Å². The molecule has 1 aliphatic heterocycles. The molecule has 1 saturated heterocycles. The second kappa shape index (κ2) is 6.87. The van der Waals surface area contributed by atoms with E-state index >= 15 is 0 Å². The minimum absolute atomic E-state index is 0.151. The molecule has 1 N–H and O–H groups in total. The zero-order valence-corrected chi connectivity index (χ0v) is 11.7. The number of rotatable bonds is 6. The molecule has 0 aliphatic carbocycles. The van der Waals surface area contributed by atoms with Crippen molar-refractivity contribution in [3.05, 3.63) is 30.1 Å². The Kier molecular flexibility index (Phi) is 5.16. The van der Waals surface area contributed by atoms with E-state index in [0.717, 1.165) is 32.7 Å². The molecule has 0 bridgehead atoms. The van der Waals surface area contributed by atoms with Crippen molar-refractivity contribution in [1.82, 2.24) is 5.32 Å². The number of likely N-dealkylation sites (N-methyl/N-ethyl adjacent to an activating group) is 2. The zero-order chi connectivity index (χ0) is 13.7. The zero-order valence-electron chi connectivity index (χ0n) is 11.7. The van der Waals surface area contributed by atoms with Gasteiger partial charge >= 0.3 is 0 Å². The highest BCUT2D eigenvalue weighted by Gasteiger charge is 2.26. The number of ether oxygens (including phenoxy) is 1. The highest BCUT2D eigenvalue weighted by Crippen LogP contribution is 2.22. The van der Waals surface area contributed by atoms with Gasteiger partial charge in [-0.05, 0) is 32.5 Å². The molecule has 3 nitrogen and oxygen atoms in total. The number of hydrogen-bond donors (Lipinski definition) is 1. The van der Waals surface area contributed by atoms with Crippen LogP contribution in [0.5, 0.6) is 0 Å². The van der Waals surface area contributed by atoms with Crippen LogP contribution in [0.15, 0.2) is 24.3 Å². The Morgan fingerprint density at radius 2 is 2.26 bits per heavy atom. The fourth-order valence-corrected chi connectivity index (χ4v) is 2.69. The average molecular weight is 266 g/mol. The Morgan fingerprint density at radius 1 is 1.47 bits per heavy atom. The normalized spacial score (nSPS) is 20.5. The molecule has 1 aromatic carbocycles. The molecule has 0 saturated carbocycles. The number of hydrogen-bond acceptors (Lipinski definition) is 3. The van der Waals surface area contributed by atoms with E-state index in [1.807, 2.05) is 19.2 Å². The van der Waals surface area contributed by atoms with E-state index < -0.39 is 0 Å². The van der Waals surface area contributed by atoms with Gasteiger partial charge in [0.25, 0.3) is 0 Å². The Bertz CT molecular complexity index is 393. The molecule has 0 aromatic heterocycles. The van der Waals surface area contributed by atoms with Crippen LogP contribution in [-0.2, 0) is 4.74 Å². The SMILES string of the molecule is CCN(CC(NC)C1CCOC1)c1ccccc1F. The van der Waals surface area contributed by atoms with Gasteiger partial charge in [0.2, 0.25) is 0 Å². The van der Waals surface area contributed by atoms with Crippen molar-refractivity contribution in [3.8, 4) is 0 Å². The van der Waals surface area contributed by atoms with E-state index in [0.29, 0.717) is 17.6 Å². The molecule has 1 aliphatic rings. The molecule has 0 amide bonds. The lowest BCUT2D eigenvalue weighted by Gasteiger charge is -2.31. The van der Waals surface area contributed by atoms with E-state index in [-0.39, 0.29) is 5.82 Å². The number of nitrogens with zero attached hydrogens (tertiary/aromatic N) is 1. The van der Waals surface area contributed by atoms with Gasteiger partial charge in [0, 0.05) is 31.7 Å². The summed E-state index contributed by atoms with van der Waals surface area (Å²) in [7, 11) is 1.97. The minimum Gasteiger partial charge on any atom is -0.381 e. The maximum atomic E-state index is 13.9. The minimum atomic E-state index is -0.151. The van der Waals surface area contributed by atoms with E-state index in [2.05, 4.69) is 17.1 Å². The Balaban J connectivity index is 2.07. The molecule has 0 spiro atoms. The van der Waals surface area contributed by atoms with E-state index in [1.54, 1.807) is 6.07 Å². The fourth-order valence-electron chi connectivity index (χ4n) is 2.69. The van der Waals surface area contributed by atoms with Crippen LogP contribution in [0.3, 0.4) is 0 Å². The maximum absolute atomic E-state index is 13.9. The third-order valence-electron chi connectivity index (χ3n) is 3.90. The Hall–Kier alpha value is -1.13. The van der Waals surface area contributed by atoms with Crippen LogP contribution in [0.25, 0.3) is 0 Å². The monoisotopic (exact) mass is 266 g/mol. The van der Waals surface area contributed by atoms with E-state index in [1.165, 1.54) is 6.07 Å². The summed E-state index contributed by atoms with van der Waals surface area (Å²) < 4.78 is 19.3. The summed E-state index contributed by atoms with van der Waals surface area (Å²) in [5.41, 5.74) is 0.684. The van der Waals surface area contributed by atoms with Crippen molar-refractivity contribution in [2.24, 2.45) is 5.92 Å². The molecule has 4 heteroatoms. The summed E-state index contributed by atoms with van der Waals surface area (Å²) in [5.74, 6) is 0.368. The summed E-state index contributed by atoms with van der Waals surface area (Å²) in [6, 6.07) is 7.31. The molecular weight excluding hydrogens is 243 g/mol. The molecule has 1 heterocycles. The highest BCUT2D eigenvalue weighted by atomic mass is 19.1. The van der Waals surface area contributed by atoms with Crippen LogP contribution in [0.1, 0.15) is 13.3 Å². The van der Waals surface area contributed by atoms with Crippen molar-refractivity contribution in [3.63, 3.8) is 0 Å². The summed E-state index contributed by atoms with van der Waals surface area (Å²) in [6.45, 7) is 5.31. The van der Waals surface area contributed by atoms with E-state index in [4.69, 9.17) is 4.74 Å². The molecule has 106 valence electrons. The first-order valence-corrected chi connectivity index (χ1v) is 7.00. The van der Waals surface area contributed by atoms with Gasteiger partial charge in [0.15, 0.2) is 0 Å². The van der Waals surface area contributed by atoms with Gasteiger partial charge in [0.05, 0.1) is 12.3 Å². The first kappa shape index (κ1) is 14.3. The van der Waals surface area contributed by atoms with Crippen LogP contribution in [0.4, 0.5) is 10.1 Å². The largest absolute Gasteiger partial charge is 0.381 e. The second-order valence-corrected chi connectivity index (χ2v) is 5.01. The lowest BCUT2D eigenvalue weighted by molar-refractivity contribution is 0.178. The number of para-hydroxylation sites is 1. The summed E-state index contributed by atoms with van der Waals surface area (Å²) in [5, 5.41) is 3.35. The number of benzene rings is 1. The highest BCUT2D eigenvalue weighted by molar-refractivity contribution is 5.47.